The molecule has 0 bridgehead atoms. The Bertz CT molecular complexity index is 3730. The first-order chi connectivity index (χ1) is 36.0. The molecule has 4 aliphatic heterocycles. The van der Waals surface area contributed by atoms with Crippen LogP contribution in [0.1, 0.15) is 82.0 Å². The lowest BCUT2D eigenvalue weighted by Crippen LogP contribution is -2.45. The Hall–Kier alpha value is -8.45. The molecule has 74 heavy (non-hydrogen) atoms. The lowest BCUT2D eigenvalue weighted by Gasteiger charge is -2.38. The van der Waals surface area contributed by atoms with Crippen LogP contribution in [0, 0.1) is 11.8 Å². The lowest BCUT2D eigenvalue weighted by atomic mass is 9.63. The number of carbonyl (C=O) groups excluding carboxylic acids is 3. The lowest BCUT2D eigenvalue weighted by molar-refractivity contribution is -0.146. The number of amides is 3. The molecule has 13 rings (SSSR count). The Kier molecular flexibility index (Phi) is 10.5. The summed E-state index contributed by atoms with van der Waals surface area (Å²) in [4.78, 5) is 49.9. The van der Waals surface area contributed by atoms with Crippen LogP contribution in [-0.2, 0) is 33.6 Å². The molecule has 0 aliphatic carbocycles. The number of aryl methyl sites for hydroxylation is 1. The molecule has 0 radical (unpaired) electrons. The smallest absolute Gasteiger partial charge is 0.264 e. The van der Waals surface area contributed by atoms with Gasteiger partial charge in [0.05, 0.1) is 54.1 Å². The molecule has 5 atom stereocenters. The molecule has 12 nitrogen and oxygen atoms in total. The van der Waals surface area contributed by atoms with Crippen molar-refractivity contribution in [1.82, 2.24) is 15.0 Å². The fourth-order valence-electron chi connectivity index (χ4n) is 12.8. The Morgan fingerprint density at radius 2 is 1.31 bits per heavy atom. The van der Waals surface area contributed by atoms with E-state index in [1.165, 1.54) is 0 Å². The highest BCUT2D eigenvalue weighted by Gasteiger charge is 2.66. The predicted octanol–water partition coefficient (Wildman–Crippen LogP) is 11.7. The highest BCUT2D eigenvalue weighted by atomic mass is 16.5. The van der Waals surface area contributed by atoms with E-state index in [9.17, 15) is 14.7 Å². The second-order valence-corrected chi connectivity index (χ2v) is 20.6. The van der Waals surface area contributed by atoms with E-state index < -0.39 is 29.1 Å². The van der Waals surface area contributed by atoms with E-state index in [1.54, 1.807) is 27.8 Å². The maximum atomic E-state index is 16.1. The highest BCUT2D eigenvalue weighted by molar-refractivity contribution is 6.29. The molecule has 1 saturated heterocycles. The number of anilines is 5. The molecule has 1 N–H and O–H groups in total. The zero-order chi connectivity index (χ0) is 50.6. The minimum absolute atomic E-state index is 0.0789. The molecule has 1 aromatic heterocycles. The number of hydrogen-bond acceptors (Lipinski definition) is 8. The van der Waals surface area contributed by atoms with Crippen molar-refractivity contribution < 1.29 is 29.0 Å². The number of aliphatic hydroxyl groups excluding tert-OH is 1. The van der Waals surface area contributed by atoms with Crippen LogP contribution in [0.5, 0.6) is 5.75 Å². The highest BCUT2D eigenvalue weighted by Crippen LogP contribution is 2.61. The minimum atomic E-state index is -1.48. The molecule has 9 aromatic rings. The number of methoxy groups -OCH3 is 1. The average molecular weight is 977 g/mol. The van der Waals surface area contributed by atoms with Crippen LogP contribution >= 0.6 is 0 Å². The first kappa shape index (κ1) is 45.4. The fourth-order valence-corrected chi connectivity index (χ4v) is 12.8. The van der Waals surface area contributed by atoms with Gasteiger partial charge in [-0.05, 0) is 106 Å². The van der Waals surface area contributed by atoms with Gasteiger partial charge >= 0.3 is 0 Å². The van der Waals surface area contributed by atoms with Crippen LogP contribution < -0.4 is 19.4 Å². The minimum Gasteiger partial charge on any atom is -0.497 e. The van der Waals surface area contributed by atoms with Crippen LogP contribution in [0.4, 0.5) is 28.4 Å². The van der Waals surface area contributed by atoms with E-state index in [1.807, 2.05) is 163 Å². The second kappa shape index (κ2) is 17.1. The maximum Gasteiger partial charge on any atom is 0.264 e. The summed E-state index contributed by atoms with van der Waals surface area (Å²) in [6, 6.07) is 54.8. The van der Waals surface area contributed by atoms with E-state index in [0.29, 0.717) is 46.7 Å². The summed E-state index contributed by atoms with van der Waals surface area (Å²) < 4.78 is 14.9. The van der Waals surface area contributed by atoms with Crippen LogP contribution in [0.25, 0.3) is 21.5 Å². The molecular formula is C62H52N6O6. The Labute approximate surface area is 428 Å². The molecule has 8 aromatic carbocycles. The maximum absolute atomic E-state index is 16.1. The van der Waals surface area contributed by atoms with Gasteiger partial charge < -0.3 is 19.5 Å². The molecular weight excluding hydrogens is 925 g/mol. The van der Waals surface area contributed by atoms with Gasteiger partial charge in [-0.15, -0.1) is 5.10 Å². The average Bonchev–Trinajstić information content (AvgIpc) is 4.24. The molecule has 1 spiro atoms. The number of carbonyl (C=O) groups is 3. The number of fused-ring (bicyclic) bond motifs is 2. The first-order valence-electron chi connectivity index (χ1n) is 25.2. The van der Waals surface area contributed by atoms with Gasteiger partial charge in [-0.1, -0.05) is 129 Å². The van der Waals surface area contributed by atoms with Gasteiger partial charge in [0, 0.05) is 46.1 Å². The van der Waals surface area contributed by atoms with Gasteiger partial charge in [-0.2, -0.15) is 0 Å². The standard InChI is InChI=1S/C62H52N6O6/c1-37-56(61(2,3)42-24-29-45(73-4)30-25-42)53(32-33-65-36-49(63-64-65)57(69)41-12-6-5-7-13-41)74-62(37)48-34-44(68-52-21-11-17-40-15-9-19-47(55(40)52)59(68)71)28-31-50(48)66(60(62)72)35-38-22-26-43(27-23-38)67-51-20-10-16-39-14-8-18-46(54(39)51)58(67)70/h5-31,34,36-37,53,56-57,69H,32-33,35H2,1-4H3/t37-,53+,56-,57-,62+/m1/s1. The van der Waals surface area contributed by atoms with E-state index >= 15 is 4.79 Å². The van der Waals surface area contributed by atoms with Gasteiger partial charge in [0.1, 0.15) is 17.5 Å². The number of aliphatic hydroxyl groups is 1. The summed E-state index contributed by atoms with van der Waals surface area (Å²) in [5.74, 6) is -0.290. The molecule has 0 saturated carbocycles. The fraction of sp³-hybridized carbons (Fsp3) is 0.210. The normalized spacial score (nSPS) is 20.2. The SMILES string of the molecule is COc1ccc(C(C)(C)[C@H]2[C@H](CCn3cc([C@H](O)c4ccccc4)nn3)O[C@@]3(C(=O)N(Cc4ccc(N5C(=O)c6cccc7cccc5c67)cc4)c4ccc(N5C(=O)c6cccc7cccc5c67)cc43)[C@@H]2C)cc1. The Balaban J connectivity index is 0.898. The summed E-state index contributed by atoms with van der Waals surface area (Å²) in [6.07, 6.45) is 0.819. The van der Waals surface area contributed by atoms with Crippen LogP contribution in [-0.4, -0.2) is 51.0 Å². The van der Waals surface area contributed by atoms with Gasteiger partial charge in [0.25, 0.3) is 17.7 Å². The largest absolute Gasteiger partial charge is 0.497 e. The topological polar surface area (TPSA) is 130 Å². The second-order valence-electron chi connectivity index (χ2n) is 20.6. The molecule has 4 aliphatic rings. The van der Waals surface area contributed by atoms with Crippen LogP contribution in [0.3, 0.4) is 0 Å². The molecule has 5 heterocycles. The van der Waals surface area contributed by atoms with Gasteiger partial charge in [-0.3, -0.25) is 28.9 Å². The number of hydrogen-bond donors (Lipinski definition) is 1. The Morgan fingerprint density at radius 1 is 0.703 bits per heavy atom. The number of rotatable bonds is 12. The summed E-state index contributed by atoms with van der Waals surface area (Å²) in [7, 11) is 1.65. The van der Waals surface area contributed by atoms with E-state index in [2.05, 4.69) is 43.2 Å². The monoisotopic (exact) mass is 976 g/mol. The van der Waals surface area contributed by atoms with Crippen molar-refractivity contribution in [3.63, 3.8) is 0 Å². The summed E-state index contributed by atoms with van der Waals surface area (Å²) in [5.41, 5.74) is 6.76. The van der Waals surface area contributed by atoms with Crippen molar-refractivity contribution in [2.24, 2.45) is 11.8 Å². The number of aromatic nitrogens is 3. The number of benzene rings is 8. The molecule has 1 fully saturated rings. The summed E-state index contributed by atoms with van der Waals surface area (Å²) >= 11 is 0. The van der Waals surface area contributed by atoms with Gasteiger partial charge in [0.2, 0.25) is 0 Å². The summed E-state index contributed by atoms with van der Waals surface area (Å²) in [6.45, 7) is 7.20. The third kappa shape index (κ3) is 6.78. The quantitative estimate of drug-likeness (QED) is 0.128. The first-order valence-corrected chi connectivity index (χ1v) is 25.2. The van der Waals surface area contributed by atoms with Crippen molar-refractivity contribution >= 4 is 67.7 Å². The van der Waals surface area contributed by atoms with Crippen molar-refractivity contribution in [3.8, 4) is 5.75 Å². The van der Waals surface area contributed by atoms with Crippen molar-refractivity contribution in [3.05, 3.63) is 215 Å². The Morgan fingerprint density at radius 3 is 1.95 bits per heavy atom. The predicted molar refractivity (Wildman–Crippen MR) is 285 cm³/mol. The zero-order valence-electron chi connectivity index (χ0n) is 41.3. The third-order valence-corrected chi connectivity index (χ3v) is 16.3. The number of nitrogens with zero attached hydrogens (tertiary/aromatic N) is 6. The van der Waals surface area contributed by atoms with E-state index in [0.717, 1.165) is 61.0 Å². The molecule has 366 valence electrons. The van der Waals surface area contributed by atoms with Gasteiger partial charge in [-0.25, -0.2) is 0 Å². The molecule has 3 amide bonds. The van der Waals surface area contributed by atoms with E-state index in [4.69, 9.17) is 9.47 Å². The van der Waals surface area contributed by atoms with Crippen molar-refractivity contribution in [2.75, 3.05) is 21.8 Å². The van der Waals surface area contributed by atoms with Gasteiger partial charge in [0.15, 0.2) is 5.60 Å². The molecule has 12 heteroatoms. The summed E-state index contributed by atoms with van der Waals surface area (Å²) in [5, 5.41) is 23.9. The zero-order valence-corrected chi connectivity index (χ0v) is 41.3. The third-order valence-electron chi connectivity index (χ3n) is 16.3. The van der Waals surface area contributed by atoms with E-state index in [-0.39, 0.29) is 30.2 Å². The van der Waals surface area contributed by atoms with Crippen molar-refractivity contribution in [2.45, 2.75) is 63.5 Å². The van der Waals surface area contributed by atoms with Crippen molar-refractivity contribution in [1.29, 1.82) is 0 Å². The molecule has 0 unspecified atom stereocenters. The van der Waals surface area contributed by atoms with Crippen LogP contribution in [0.15, 0.2) is 176 Å². The van der Waals surface area contributed by atoms with Crippen LogP contribution in [0.2, 0.25) is 0 Å². The number of ether oxygens (including phenoxy) is 2.